The molecule has 0 saturated carbocycles. The van der Waals surface area contributed by atoms with Gasteiger partial charge in [-0.15, -0.1) is 0 Å². The van der Waals surface area contributed by atoms with Crippen molar-refractivity contribution in [2.24, 2.45) is 0 Å². The van der Waals surface area contributed by atoms with Crippen molar-refractivity contribution in [1.82, 2.24) is 14.5 Å². The minimum atomic E-state index is -1.07. The third-order valence-corrected chi connectivity index (χ3v) is 6.85. The maximum absolute atomic E-state index is 15.3. The number of hydrogen-bond donors (Lipinski definition) is 1. The van der Waals surface area contributed by atoms with Gasteiger partial charge in [-0.3, -0.25) is 4.57 Å². The number of pyridine rings is 1. The van der Waals surface area contributed by atoms with Crippen molar-refractivity contribution in [3.63, 3.8) is 0 Å². The van der Waals surface area contributed by atoms with E-state index < -0.39 is 17.6 Å². The lowest BCUT2D eigenvalue weighted by Gasteiger charge is -2.27. The van der Waals surface area contributed by atoms with Gasteiger partial charge < -0.3 is 19.3 Å². The Morgan fingerprint density at radius 1 is 1.07 bits per heavy atom. The number of aromatic carboxylic acids is 1. The summed E-state index contributed by atoms with van der Waals surface area (Å²) in [7, 11) is 0. The molecule has 1 saturated heterocycles. The summed E-state index contributed by atoms with van der Waals surface area (Å²) in [6.45, 7) is 0.907. The summed E-state index contributed by atoms with van der Waals surface area (Å²) in [6.07, 6.45) is 0.748. The molecule has 5 aromatic rings. The zero-order chi connectivity index (χ0) is 29.2. The van der Waals surface area contributed by atoms with E-state index in [1.807, 2.05) is 6.07 Å². The fourth-order valence-corrected chi connectivity index (χ4v) is 4.50. The number of nitrogens with zero attached hydrogens (tertiary/aromatic N) is 4. The second-order valence-corrected chi connectivity index (χ2v) is 9.61. The number of ether oxygens (including phenoxy) is 3. The molecule has 210 valence electrons. The Bertz CT molecular complexity index is 1860. The van der Waals surface area contributed by atoms with Crippen LogP contribution in [0.25, 0.3) is 22.3 Å². The van der Waals surface area contributed by atoms with Crippen molar-refractivity contribution < 1.29 is 32.9 Å². The molecular weight excluding hydrogens is 546 g/mol. The molecule has 1 unspecified atom stereocenters. The number of carboxylic acid groups (broad SMARTS) is 1. The van der Waals surface area contributed by atoms with E-state index in [1.165, 1.54) is 36.4 Å². The van der Waals surface area contributed by atoms with Gasteiger partial charge in [0.2, 0.25) is 5.88 Å². The fraction of sp³-hybridized carbons (Fsp3) is 0.161. The average molecular weight is 569 g/mol. The normalized spacial score (nSPS) is 14.3. The highest BCUT2D eigenvalue weighted by Gasteiger charge is 2.24. The number of carboxylic acids is 1. The summed E-state index contributed by atoms with van der Waals surface area (Å²) in [5.41, 5.74) is 2.50. The molecule has 3 aromatic carbocycles. The van der Waals surface area contributed by atoms with E-state index in [1.54, 1.807) is 34.9 Å². The predicted octanol–water partition coefficient (Wildman–Crippen LogP) is 6.11. The Morgan fingerprint density at radius 2 is 1.93 bits per heavy atom. The van der Waals surface area contributed by atoms with E-state index in [-0.39, 0.29) is 47.0 Å². The molecule has 0 spiro atoms. The van der Waals surface area contributed by atoms with Gasteiger partial charge in [-0.2, -0.15) is 10.2 Å². The molecule has 42 heavy (non-hydrogen) atoms. The van der Waals surface area contributed by atoms with Crippen LogP contribution >= 0.6 is 0 Å². The number of nitriles is 1. The first-order valence-electron chi connectivity index (χ1n) is 13.0. The Balaban J connectivity index is 1.23. The molecular formula is C31H22F2N4O5. The predicted molar refractivity (Wildman–Crippen MR) is 146 cm³/mol. The van der Waals surface area contributed by atoms with Crippen LogP contribution in [0.4, 0.5) is 8.78 Å². The van der Waals surface area contributed by atoms with Crippen LogP contribution in [0.3, 0.4) is 0 Å². The van der Waals surface area contributed by atoms with Crippen molar-refractivity contribution in [1.29, 1.82) is 5.26 Å². The average Bonchev–Trinajstić information content (AvgIpc) is 3.31. The van der Waals surface area contributed by atoms with E-state index in [9.17, 15) is 14.3 Å². The van der Waals surface area contributed by atoms with Crippen molar-refractivity contribution in [2.45, 2.75) is 25.7 Å². The van der Waals surface area contributed by atoms with Crippen LogP contribution in [-0.4, -0.2) is 38.3 Å². The number of rotatable bonds is 9. The first-order chi connectivity index (χ1) is 20.4. The van der Waals surface area contributed by atoms with Crippen LogP contribution in [0, 0.1) is 23.0 Å². The molecule has 1 aliphatic heterocycles. The number of fused-ring (bicyclic) bond motifs is 1. The van der Waals surface area contributed by atoms with Gasteiger partial charge in [0.1, 0.15) is 12.4 Å². The molecule has 1 fully saturated rings. The third kappa shape index (κ3) is 5.48. The Morgan fingerprint density at radius 3 is 2.64 bits per heavy atom. The van der Waals surface area contributed by atoms with E-state index in [2.05, 4.69) is 9.97 Å². The highest BCUT2D eigenvalue weighted by Crippen LogP contribution is 2.32. The van der Waals surface area contributed by atoms with Gasteiger partial charge >= 0.3 is 12.0 Å². The maximum Gasteiger partial charge on any atom is 0.335 e. The van der Waals surface area contributed by atoms with E-state index in [0.29, 0.717) is 35.4 Å². The molecule has 6 rings (SSSR count). The molecule has 0 amide bonds. The summed E-state index contributed by atoms with van der Waals surface area (Å²) in [5.74, 6) is -2.15. The van der Waals surface area contributed by atoms with E-state index >= 15 is 4.39 Å². The topological polar surface area (TPSA) is 119 Å². The zero-order valence-corrected chi connectivity index (χ0v) is 22.0. The van der Waals surface area contributed by atoms with Crippen LogP contribution in [0.1, 0.15) is 27.9 Å². The van der Waals surface area contributed by atoms with E-state index in [4.69, 9.17) is 19.5 Å². The summed E-state index contributed by atoms with van der Waals surface area (Å²) < 4.78 is 48.3. The van der Waals surface area contributed by atoms with Gasteiger partial charge in [0, 0.05) is 23.8 Å². The van der Waals surface area contributed by atoms with Crippen LogP contribution in [0.15, 0.2) is 72.8 Å². The first-order valence-corrected chi connectivity index (χ1v) is 13.0. The smallest absolute Gasteiger partial charge is 0.335 e. The number of carbonyl (C=O) groups is 1. The molecule has 1 N–H and O–H groups in total. The second kappa shape index (κ2) is 11.3. The van der Waals surface area contributed by atoms with E-state index in [0.717, 1.165) is 12.5 Å². The number of halogens is 2. The third-order valence-electron chi connectivity index (χ3n) is 6.85. The number of benzene rings is 3. The fourth-order valence-electron chi connectivity index (χ4n) is 4.50. The standard InChI is InChI=1S/C31H22F2N4O5/c32-23-12-18(15-34)4-5-21(23)17-41-29-3-1-2-25(35-29)19-7-9-28(24(33)13-19)42-31-36-26-8-6-20(30(38)39)14-27(26)37(31)16-22-10-11-40-22/h1-9,12-14,22H,10-11,16-17H2,(H,38,39). The minimum Gasteiger partial charge on any atom is -0.478 e. The first kappa shape index (κ1) is 26.9. The van der Waals surface area contributed by atoms with Crippen molar-refractivity contribution in [3.8, 4) is 35.0 Å². The molecule has 2 aromatic heterocycles. The van der Waals surface area contributed by atoms with Gasteiger partial charge in [0.15, 0.2) is 11.6 Å². The maximum atomic E-state index is 15.3. The minimum absolute atomic E-state index is 0.0769. The molecule has 11 heteroatoms. The summed E-state index contributed by atoms with van der Waals surface area (Å²) in [6, 6.07) is 20.0. The number of imidazole rings is 1. The summed E-state index contributed by atoms with van der Waals surface area (Å²) >= 11 is 0. The highest BCUT2D eigenvalue weighted by molar-refractivity contribution is 5.92. The highest BCUT2D eigenvalue weighted by atomic mass is 19.1. The molecule has 1 aliphatic rings. The SMILES string of the molecule is N#Cc1ccc(COc2cccc(-c3ccc(Oc4nc5ccc(C(=O)O)cc5n4CC4CCO4)c(F)c3)n2)c(F)c1. The lowest BCUT2D eigenvalue weighted by atomic mass is 10.1. The van der Waals surface area contributed by atoms with Crippen LogP contribution in [-0.2, 0) is 17.9 Å². The Hall–Kier alpha value is -5.34. The van der Waals surface area contributed by atoms with Gasteiger partial charge in [-0.25, -0.2) is 18.6 Å². The van der Waals surface area contributed by atoms with Gasteiger partial charge in [-0.05, 0) is 61.0 Å². The van der Waals surface area contributed by atoms with Crippen molar-refractivity contribution >= 4 is 17.0 Å². The van der Waals surface area contributed by atoms with Gasteiger partial charge in [0.05, 0.1) is 46.6 Å². The number of aromatic nitrogens is 3. The van der Waals surface area contributed by atoms with Crippen molar-refractivity contribution in [2.75, 3.05) is 6.61 Å². The largest absolute Gasteiger partial charge is 0.478 e. The molecule has 0 bridgehead atoms. The van der Waals surface area contributed by atoms with Crippen LogP contribution in [0.2, 0.25) is 0 Å². The van der Waals surface area contributed by atoms with Gasteiger partial charge in [0.25, 0.3) is 0 Å². The summed E-state index contributed by atoms with van der Waals surface area (Å²) in [4.78, 5) is 20.4. The molecule has 9 nitrogen and oxygen atoms in total. The lowest BCUT2D eigenvalue weighted by Crippen LogP contribution is -2.31. The molecule has 3 heterocycles. The van der Waals surface area contributed by atoms with Crippen molar-refractivity contribution in [3.05, 3.63) is 101 Å². The Kier molecular flexibility index (Phi) is 7.21. The zero-order valence-electron chi connectivity index (χ0n) is 22.0. The monoisotopic (exact) mass is 568 g/mol. The quantitative estimate of drug-likeness (QED) is 0.226. The summed E-state index contributed by atoms with van der Waals surface area (Å²) in [5, 5.41) is 18.3. The Labute approximate surface area is 238 Å². The molecule has 1 atom stereocenters. The molecule has 0 radical (unpaired) electrons. The molecule has 0 aliphatic carbocycles. The van der Waals surface area contributed by atoms with Gasteiger partial charge in [-0.1, -0.05) is 12.1 Å². The second-order valence-electron chi connectivity index (χ2n) is 9.61. The lowest BCUT2D eigenvalue weighted by molar-refractivity contribution is -0.0593. The van der Waals surface area contributed by atoms with Crippen LogP contribution < -0.4 is 9.47 Å². The van der Waals surface area contributed by atoms with Crippen LogP contribution in [0.5, 0.6) is 17.6 Å². The number of hydrogen-bond acceptors (Lipinski definition) is 7.